The van der Waals surface area contributed by atoms with Crippen LogP contribution in [0.2, 0.25) is 0 Å². The molecule has 1 fully saturated rings. The summed E-state index contributed by atoms with van der Waals surface area (Å²) < 4.78 is 13.2. The molecule has 3 nitrogen and oxygen atoms in total. The standard InChI is InChI=1S/C13H16FNO2/c1-13(12(16)17,15-8-9-5-6-9)10-3-2-4-11(14)7-10/h2-4,7,9,15H,5-6,8H2,1H3,(H,16,17). The van der Waals surface area contributed by atoms with Crippen molar-refractivity contribution in [2.24, 2.45) is 5.92 Å². The van der Waals surface area contributed by atoms with Gasteiger partial charge in [0.05, 0.1) is 0 Å². The second kappa shape index (κ2) is 4.45. The molecule has 1 aliphatic rings. The molecule has 0 amide bonds. The van der Waals surface area contributed by atoms with E-state index in [1.165, 1.54) is 18.2 Å². The molecule has 0 bridgehead atoms. The predicted molar refractivity (Wildman–Crippen MR) is 62.1 cm³/mol. The third kappa shape index (κ3) is 2.64. The molecule has 0 aromatic heterocycles. The molecule has 0 saturated heterocycles. The van der Waals surface area contributed by atoms with Gasteiger partial charge in [-0.2, -0.15) is 0 Å². The van der Waals surface area contributed by atoms with Crippen LogP contribution in [0.1, 0.15) is 25.3 Å². The van der Waals surface area contributed by atoms with E-state index in [2.05, 4.69) is 5.32 Å². The summed E-state index contributed by atoms with van der Waals surface area (Å²) in [6.45, 7) is 2.24. The van der Waals surface area contributed by atoms with Gasteiger partial charge >= 0.3 is 5.97 Å². The van der Waals surface area contributed by atoms with Crippen LogP contribution in [0.15, 0.2) is 24.3 Å². The molecule has 2 N–H and O–H groups in total. The number of benzene rings is 1. The van der Waals surface area contributed by atoms with Crippen molar-refractivity contribution in [3.63, 3.8) is 0 Å². The van der Waals surface area contributed by atoms with Crippen molar-refractivity contribution in [1.82, 2.24) is 5.32 Å². The largest absolute Gasteiger partial charge is 0.480 e. The Hall–Kier alpha value is -1.42. The smallest absolute Gasteiger partial charge is 0.328 e. The normalized spacial score (nSPS) is 18.7. The lowest BCUT2D eigenvalue weighted by atomic mass is 9.92. The van der Waals surface area contributed by atoms with Gasteiger partial charge in [0, 0.05) is 0 Å². The summed E-state index contributed by atoms with van der Waals surface area (Å²) in [5.41, 5.74) is -0.768. The summed E-state index contributed by atoms with van der Waals surface area (Å²) in [5, 5.41) is 12.4. The molecule has 1 aliphatic carbocycles. The van der Waals surface area contributed by atoms with Crippen molar-refractivity contribution in [1.29, 1.82) is 0 Å². The Labute approximate surface area is 99.7 Å². The van der Waals surface area contributed by atoms with Crippen LogP contribution in [0.5, 0.6) is 0 Å². The van der Waals surface area contributed by atoms with Crippen molar-refractivity contribution in [2.75, 3.05) is 6.54 Å². The maximum Gasteiger partial charge on any atom is 0.328 e. The molecule has 0 aliphatic heterocycles. The second-order valence-electron chi connectivity index (χ2n) is 4.76. The van der Waals surface area contributed by atoms with Gasteiger partial charge in [0.25, 0.3) is 0 Å². The number of carbonyl (C=O) groups is 1. The summed E-state index contributed by atoms with van der Waals surface area (Å²) in [6, 6.07) is 5.75. The first-order valence-electron chi connectivity index (χ1n) is 5.77. The first-order valence-corrected chi connectivity index (χ1v) is 5.77. The zero-order valence-electron chi connectivity index (χ0n) is 9.74. The lowest BCUT2D eigenvalue weighted by molar-refractivity contribution is -0.144. The quantitative estimate of drug-likeness (QED) is 0.824. The number of carboxylic acids is 1. The highest BCUT2D eigenvalue weighted by molar-refractivity contribution is 5.80. The number of hydrogen-bond donors (Lipinski definition) is 2. The number of rotatable bonds is 5. The summed E-state index contributed by atoms with van der Waals surface area (Å²) in [6.07, 6.45) is 2.29. The molecule has 1 unspecified atom stereocenters. The van der Waals surface area contributed by atoms with Crippen LogP contribution in [-0.2, 0) is 10.3 Å². The van der Waals surface area contributed by atoms with E-state index in [4.69, 9.17) is 0 Å². The molecule has 2 rings (SSSR count). The van der Waals surface area contributed by atoms with E-state index in [9.17, 15) is 14.3 Å². The van der Waals surface area contributed by atoms with Gasteiger partial charge in [0.1, 0.15) is 11.4 Å². The van der Waals surface area contributed by atoms with Gasteiger partial charge in [-0.3, -0.25) is 5.32 Å². The highest BCUT2D eigenvalue weighted by atomic mass is 19.1. The molecule has 4 heteroatoms. The number of nitrogens with one attached hydrogen (secondary N) is 1. The molecule has 17 heavy (non-hydrogen) atoms. The van der Waals surface area contributed by atoms with Crippen molar-refractivity contribution >= 4 is 5.97 Å². The Morgan fingerprint density at radius 2 is 2.29 bits per heavy atom. The second-order valence-corrected chi connectivity index (χ2v) is 4.76. The van der Waals surface area contributed by atoms with Crippen LogP contribution in [0.3, 0.4) is 0 Å². The topological polar surface area (TPSA) is 49.3 Å². The summed E-state index contributed by atoms with van der Waals surface area (Å²) in [5.74, 6) is -0.825. The fraction of sp³-hybridized carbons (Fsp3) is 0.462. The van der Waals surface area contributed by atoms with E-state index in [-0.39, 0.29) is 0 Å². The molecular weight excluding hydrogens is 221 g/mol. The Bertz CT molecular complexity index is 431. The Morgan fingerprint density at radius 1 is 1.59 bits per heavy atom. The highest BCUT2D eigenvalue weighted by Crippen LogP contribution is 2.30. The van der Waals surface area contributed by atoms with Crippen molar-refractivity contribution in [3.8, 4) is 0 Å². The number of carboxylic acid groups (broad SMARTS) is 1. The van der Waals surface area contributed by atoms with Gasteiger partial charge < -0.3 is 5.11 Å². The average Bonchev–Trinajstić information content (AvgIpc) is 3.09. The lowest BCUT2D eigenvalue weighted by Gasteiger charge is -2.27. The maximum absolute atomic E-state index is 13.2. The molecule has 1 aromatic carbocycles. The lowest BCUT2D eigenvalue weighted by Crippen LogP contribution is -2.47. The maximum atomic E-state index is 13.2. The van der Waals surface area contributed by atoms with E-state index in [1.54, 1.807) is 13.0 Å². The van der Waals surface area contributed by atoms with E-state index < -0.39 is 17.3 Å². The predicted octanol–water partition coefficient (Wildman–Crippen LogP) is 2.13. The van der Waals surface area contributed by atoms with Gasteiger partial charge in [0.15, 0.2) is 0 Å². The van der Waals surface area contributed by atoms with Gasteiger partial charge in [-0.15, -0.1) is 0 Å². The number of aliphatic carboxylic acids is 1. The minimum atomic E-state index is -1.22. The van der Waals surface area contributed by atoms with Crippen LogP contribution in [-0.4, -0.2) is 17.6 Å². The summed E-state index contributed by atoms with van der Waals surface area (Å²) in [7, 11) is 0. The first kappa shape index (κ1) is 12.0. The third-order valence-electron chi connectivity index (χ3n) is 3.27. The Morgan fingerprint density at radius 3 is 2.82 bits per heavy atom. The number of hydrogen-bond acceptors (Lipinski definition) is 2. The molecule has 1 atom stereocenters. The van der Waals surface area contributed by atoms with Crippen LogP contribution < -0.4 is 5.32 Å². The highest BCUT2D eigenvalue weighted by Gasteiger charge is 2.36. The van der Waals surface area contributed by atoms with E-state index in [0.29, 0.717) is 18.0 Å². The van der Waals surface area contributed by atoms with E-state index in [0.717, 1.165) is 12.8 Å². The Balaban J connectivity index is 2.22. The molecule has 1 aromatic rings. The molecular formula is C13H16FNO2. The van der Waals surface area contributed by atoms with E-state index >= 15 is 0 Å². The van der Waals surface area contributed by atoms with Gasteiger partial charge in [-0.1, -0.05) is 12.1 Å². The summed E-state index contributed by atoms with van der Waals surface area (Å²) >= 11 is 0. The van der Waals surface area contributed by atoms with Crippen LogP contribution >= 0.6 is 0 Å². The molecule has 92 valence electrons. The van der Waals surface area contributed by atoms with Gasteiger partial charge in [0.2, 0.25) is 0 Å². The molecule has 1 saturated carbocycles. The van der Waals surface area contributed by atoms with Gasteiger partial charge in [-0.05, 0) is 49.9 Å². The third-order valence-corrected chi connectivity index (χ3v) is 3.27. The molecule has 0 spiro atoms. The summed E-state index contributed by atoms with van der Waals surface area (Å²) in [4.78, 5) is 11.4. The van der Waals surface area contributed by atoms with Crippen molar-refractivity contribution in [3.05, 3.63) is 35.6 Å². The van der Waals surface area contributed by atoms with Crippen LogP contribution in [0.25, 0.3) is 0 Å². The molecule has 0 radical (unpaired) electrons. The zero-order valence-corrected chi connectivity index (χ0v) is 9.74. The number of halogens is 1. The van der Waals surface area contributed by atoms with Gasteiger partial charge in [-0.25, -0.2) is 9.18 Å². The zero-order chi connectivity index (χ0) is 12.5. The minimum absolute atomic E-state index is 0.414. The molecule has 0 heterocycles. The van der Waals surface area contributed by atoms with Crippen molar-refractivity contribution < 1.29 is 14.3 Å². The van der Waals surface area contributed by atoms with Crippen LogP contribution in [0, 0.1) is 11.7 Å². The van der Waals surface area contributed by atoms with E-state index in [1.807, 2.05) is 0 Å². The first-order chi connectivity index (χ1) is 8.02. The fourth-order valence-corrected chi connectivity index (χ4v) is 1.77. The minimum Gasteiger partial charge on any atom is -0.480 e. The van der Waals surface area contributed by atoms with Crippen molar-refractivity contribution in [2.45, 2.75) is 25.3 Å². The average molecular weight is 237 g/mol. The van der Waals surface area contributed by atoms with Crippen LogP contribution in [0.4, 0.5) is 4.39 Å². The monoisotopic (exact) mass is 237 g/mol. The fourth-order valence-electron chi connectivity index (χ4n) is 1.77. The Kier molecular flexibility index (Phi) is 3.15. The SMILES string of the molecule is CC(NCC1CC1)(C(=O)O)c1cccc(F)c1.